The van der Waals surface area contributed by atoms with Crippen LogP contribution in [0.4, 0.5) is 15.9 Å². The molecule has 2 aromatic carbocycles. The molecule has 2 aliphatic heterocycles. The van der Waals surface area contributed by atoms with E-state index in [1.54, 1.807) is 24.0 Å². The lowest BCUT2D eigenvalue weighted by Gasteiger charge is -2.32. The fourth-order valence-corrected chi connectivity index (χ4v) is 4.14. The van der Waals surface area contributed by atoms with Crippen LogP contribution < -0.4 is 10.2 Å². The van der Waals surface area contributed by atoms with Crippen molar-refractivity contribution in [3.05, 3.63) is 71.7 Å². The molecule has 1 aromatic heterocycles. The molecule has 0 bridgehead atoms. The highest BCUT2D eigenvalue weighted by atomic mass is 19.1. The number of carbonyl (C=O) groups is 2. The molecule has 2 amide bonds. The number of carbonyl (C=O) groups excluding carboxylic acids is 2. The lowest BCUT2D eigenvalue weighted by molar-refractivity contribution is -0.126. The van der Waals surface area contributed by atoms with Crippen LogP contribution in [-0.4, -0.2) is 28.6 Å². The highest BCUT2D eigenvalue weighted by Gasteiger charge is 2.56. The average molecular weight is 362 g/mol. The Labute approximate surface area is 154 Å². The quantitative estimate of drug-likeness (QED) is 0.724. The van der Waals surface area contributed by atoms with Crippen molar-refractivity contribution in [2.75, 3.05) is 17.3 Å². The van der Waals surface area contributed by atoms with Gasteiger partial charge in [-0.05, 0) is 29.8 Å². The van der Waals surface area contributed by atoms with Crippen molar-refractivity contribution in [3.63, 3.8) is 0 Å². The van der Waals surface area contributed by atoms with Gasteiger partial charge in [0.2, 0.25) is 11.8 Å². The first-order valence-electron chi connectivity index (χ1n) is 8.54. The van der Waals surface area contributed by atoms with E-state index in [0.29, 0.717) is 22.6 Å². The second-order valence-electron chi connectivity index (χ2n) is 6.81. The molecule has 0 radical (unpaired) electrons. The lowest BCUT2D eigenvalue weighted by Crippen LogP contribution is -2.45. The van der Waals surface area contributed by atoms with Gasteiger partial charge in [0.1, 0.15) is 17.1 Å². The van der Waals surface area contributed by atoms with E-state index in [4.69, 9.17) is 0 Å². The number of rotatable bonds is 1. The van der Waals surface area contributed by atoms with Crippen LogP contribution in [0.5, 0.6) is 0 Å². The number of amides is 2. The third-order valence-electron chi connectivity index (χ3n) is 5.36. The van der Waals surface area contributed by atoms with Crippen molar-refractivity contribution in [1.29, 1.82) is 0 Å². The van der Waals surface area contributed by atoms with Crippen molar-refractivity contribution in [2.24, 2.45) is 0 Å². The molecule has 0 saturated heterocycles. The maximum Gasteiger partial charge on any atom is 0.242 e. The minimum Gasteiger partial charge on any atom is -0.314 e. The summed E-state index contributed by atoms with van der Waals surface area (Å²) < 4.78 is 15.4. The van der Waals surface area contributed by atoms with Crippen LogP contribution >= 0.6 is 0 Å². The molecule has 134 valence electrons. The second kappa shape index (κ2) is 5.26. The smallest absolute Gasteiger partial charge is 0.242 e. The van der Waals surface area contributed by atoms with Gasteiger partial charge in [-0.1, -0.05) is 24.3 Å². The topological polar surface area (TPSA) is 67.2 Å². The third-order valence-corrected chi connectivity index (χ3v) is 5.36. The van der Waals surface area contributed by atoms with Crippen LogP contribution in [0.3, 0.4) is 0 Å². The zero-order valence-electron chi connectivity index (χ0n) is 14.4. The zero-order chi connectivity index (χ0) is 18.8. The van der Waals surface area contributed by atoms with Gasteiger partial charge in [0.15, 0.2) is 0 Å². The third kappa shape index (κ3) is 1.96. The largest absolute Gasteiger partial charge is 0.314 e. The van der Waals surface area contributed by atoms with Gasteiger partial charge in [0.25, 0.3) is 0 Å². The minimum atomic E-state index is -1.19. The summed E-state index contributed by atoms with van der Waals surface area (Å²) in [6.45, 7) is 0. The normalized spacial score (nSPS) is 20.6. The molecule has 7 heteroatoms. The number of fused-ring (bicyclic) bond motifs is 4. The molecule has 5 rings (SSSR count). The van der Waals surface area contributed by atoms with E-state index in [0.717, 1.165) is 5.69 Å². The van der Waals surface area contributed by atoms with Gasteiger partial charge in [-0.2, -0.15) is 5.10 Å². The standard InChI is InChI=1S/C20H15FN4O2/c1-24-16-9-12(21)7-8-14(16)20(19(24)27)10-17(26)23-18-15(20)11-22-25(18)13-5-3-2-4-6-13/h2-9,11H,10H2,1H3,(H,23,26)/t20-/m1/s1. The Bertz CT molecular complexity index is 1110. The Hall–Kier alpha value is -3.48. The number of para-hydroxylation sites is 1. The van der Waals surface area contributed by atoms with Gasteiger partial charge in [0.05, 0.1) is 17.6 Å². The second-order valence-corrected chi connectivity index (χ2v) is 6.81. The molecule has 0 aliphatic carbocycles. The van der Waals surface area contributed by atoms with Crippen LogP contribution in [0.1, 0.15) is 17.5 Å². The fraction of sp³-hybridized carbons (Fsp3) is 0.150. The number of anilines is 2. The molecule has 1 atom stereocenters. The maximum absolute atomic E-state index is 13.8. The highest BCUT2D eigenvalue weighted by Crippen LogP contribution is 2.52. The predicted octanol–water partition coefficient (Wildman–Crippen LogP) is 2.62. The molecule has 0 fully saturated rings. The molecule has 3 heterocycles. The highest BCUT2D eigenvalue weighted by molar-refractivity contribution is 6.15. The van der Waals surface area contributed by atoms with Crippen LogP contribution in [0.2, 0.25) is 0 Å². The number of halogens is 1. The minimum absolute atomic E-state index is 0.0394. The summed E-state index contributed by atoms with van der Waals surface area (Å²) in [6.07, 6.45) is 1.58. The summed E-state index contributed by atoms with van der Waals surface area (Å²) in [5, 5.41) is 7.28. The molecule has 3 aromatic rings. The van der Waals surface area contributed by atoms with Gasteiger partial charge < -0.3 is 10.2 Å². The van der Waals surface area contributed by atoms with Gasteiger partial charge in [-0.3, -0.25) is 9.59 Å². The molecule has 0 saturated carbocycles. The number of hydrogen-bond acceptors (Lipinski definition) is 3. The van der Waals surface area contributed by atoms with E-state index in [1.165, 1.54) is 17.0 Å². The number of nitrogens with one attached hydrogen (secondary N) is 1. The monoisotopic (exact) mass is 362 g/mol. The number of aromatic nitrogens is 2. The average Bonchev–Trinajstić information content (AvgIpc) is 3.17. The number of likely N-dealkylation sites (N-methyl/N-ethyl adjacent to an activating group) is 1. The number of benzene rings is 2. The summed E-state index contributed by atoms with van der Waals surface area (Å²) in [7, 11) is 1.60. The summed E-state index contributed by atoms with van der Waals surface area (Å²) in [5.74, 6) is -0.492. The molecule has 2 aliphatic rings. The molecular formula is C20H15FN4O2. The van der Waals surface area contributed by atoms with Crippen LogP contribution in [-0.2, 0) is 15.0 Å². The first-order valence-corrected chi connectivity index (χ1v) is 8.54. The van der Waals surface area contributed by atoms with Crippen molar-refractivity contribution < 1.29 is 14.0 Å². The van der Waals surface area contributed by atoms with E-state index >= 15 is 0 Å². The number of hydrogen-bond donors (Lipinski definition) is 1. The fourth-order valence-electron chi connectivity index (χ4n) is 4.14. The maximum atomic E-state index is 13.8. The first kappa shape index (κ1) is 15.7. The lowest BCUT2D eigenvalue weighted by atomic mass is 9.72. The molecule has 0 unspecified atom stereocenters. The Morgan fingerprint density at radius 2 is 1.89 bits per heavy atom. The van der Waals surface area contributed by atoms with Gasteiger partial charge >= 0.3 is 0 Å². The van der Waals surface area contributed by atoms with E-state index < -0.39 is 11.2 Å². The summed E-state index contributed by atoms with van der Waals surface area (Å²) >= 11 is 0. The van der Waals surface area contributed by atoms with Gasteiger partial charge in [0, 0.05) is 19.0 Å². The summed E-state index contributed by atoms with van der Waals surface area (Å²) in [5.41, 5.74) is 1.30. The Kier molecular flexibility index (Phi) is 3.07. The molecule has 27 heavy (non-hydrogen) atoms. The van der Waals surface area contributed by atoms with Crippen molar-refractivity contribution in [3.8, 4) is 5.69 Å². The van der Waals surface area contributed by atoms with Crippen molar-refractivity contribution in [2.45, 2.75) is 11.8 Å². The number of nitrogens with zero attached hydrogens (tertiary/aromatic N) is 3. The Morgan fingerprint density at radius 3 is 2.67 bits per heavy atom. The molecule has 1 spiro atoms. The Morgan fingerprint density at radius 1 is 1.11 bits per heavy atom. The van der Waals surface area contributed by atoms with E-state index in [9.17, 15) is 14.0 Å². The summed E-state index contributed by atoms with van der Waals surface area (Å²) in [6, 6.07) is 13.6. The van der Waals surface area contributed by atoms with E-state index in [1.807, 2.05) is 30.3 Å². The molecule has 6 nitrogen and oxygen atoms in total. The first-order chi connectivity index (χ1) is 13.0. The van der Waals surface area contributed by atoms with Gasteiger partial charge in [-0.15, -0.1) is 0 Å². The van der Waals surface area contributed by atoms with Crippen LogP contribution in [0.15, 0.2) is 54.7 Å². The molecule has 1 N–H and O–H groups in total. The van der Waals surface area contributed by atoms with Crippen molar-refractivity contribution >= 4 is 23.3 Å². The Balaban J connectivity index is 1.79. The van der Waals surface area contributed by atoms with Crippen molar-refractivity contribution in [1.82, 2.24) is 9.78 Å². The summed E-state index contributed by atoms with van der Waals surface area (Å²) in [4.78, 5) is 27.3. The zero-order valence-corrected chi connectivity index (χ0v) is 14.4. The van der Waals surface area contributed by atoms with Gasteiger partial charge in [-0.25, -0.2) is 9.07 Å². The van der Waals surface area contributed by atoms with Crippen LogP contribution in [0.25, 0.3) is 5.69 Å². The molecular weight excluding hydrogens is 347 g/mol. The van der Waals surface area contributed by atoms with Crippen LogP contribution in [0, 0.1) is 5.82 Å². The van der Waals surface area contributed by atoms with E-state index in [2.05, 4.69) is 10.4 Å². The van der Waals surface area contributed by atoms with E-state index in [-0.39, 0.29) is 18.2 Å². The SMILES string of the molecule is CN1C(=O)[C@]2(CC(=O)Nc3c2cnn3-c2ccccc2)c2ccc(F)cc21. The predicted molar refractivity (Wildman–Crippen MR) is 97.4 cm³/mol.